The van der Waals surface area contributed by atoms with E-state index in [0.29, 0.717) is 12.2 Å². The maximum absolute atomic E-state index is 12.1. The first-order valence-corrected chi connectivity index (χ1v) is 6.81. The average molecular weight is 309 g/mol. The predicted octanol–water partition coefficient (Wildman–Crippen LogP) is 3.81. The summed E-state index contributed by atoms with van der Waals surface area (Å²) in [6, 6.07) is 10.9. The molecule has 0 aliphatic rings. The normalized spacial score (nSPS) is 10.3. The number of rotatable bonds is 3. The van der Waals surface area contributed by atoms with Crippen LogP contribution in [0.1, 0.15) is 21.5 Å². The lowest BCUT2D eigenvalue weighted by molar-refractivity contribution is 0.0951. The molecule has 1 amide bonds. The van der Waals surface area contributed by atoms with Crippen molar-refractivity contribution < 1.29 is 4.79 Å². The van der Waals surface area contributed by atoms with Gasteiger partial charge in [-0.3, -0.25) is 4.79 Å². The molecule has 2 aromatic carbocycles. The zero-order valence-corrected chi connectivity index (χ0v) is 12.4. The van der Waals surface area contributed by atoms with Gasteiger partial charge in [0.25, 0.3) is 5.91 Å². The number of halogens is 2. The minimum absolute atomic E-state index is 0.211. The summed E-state index contributed by atoms with van der Waals surface area (Å²) in [6.07, 6.45) is 0. The third kappa shape index (κ3) is 3.44. The monoisotopic (exact) mass is 308 g/mol. The summed E-state index contributed by atoms with van der Waals surface area (Å²) in [5.41, 5.74) is 8.51. The van der Waals surface area contributed by atoms with E-state index < -0.39 is 0 Å². The molecule has 104 valence electrons. The summed E-state index contributed by atoms with van der Waals surface area (Å²) >= 11 is 11.9. The zero-order chi connectivity index (χ0) is 14.7. The van der Waals surface area contributed by atoms with Crippen molar-refractivity contribution in [2.24, 2.45) is 0 Å². The van der Waals surface area contributed by atoms with Crippen LogP contribution in [0.15, 0.2) is 36.4 Å². The van der Waals surface area contributed by atoms with Gasteiger partial charge in [-0.15, -0.1) is 0 Å². The molecule has 0 radical (unpaired) electrons. The molecule has 0 atom stereocenters. The second-order valence-electron chi connectivity index (χ2n) is 4.54. The number of carbonyl (C=O) groups excluding carboxylic acids is 1. The van der Waals surface area contributed by atoms with E-state index in [-0.39, 0.29) is 21.5 Å². The largest absolute Gasteiger partial charge is 0.399 e. The second-order valence-corrected chi connectivity index (χ2v) is 5.32. The van der Waals surface area contributed by atoms with E-state index in [1.807, 2.05) is 31.2 Å². The van der Waals surface area contributed by atoms with Gasteiger partial charge in [0.05, 0.1) is 15.6 Å². The van der Waals surface area contributed by atoms with Gasteiger partial charge in [-0.05, 0) is 24.6 Å². The van der Waals surface area contributed by atoms with E-state index in [9.17, 15) is 4.79 Å². The molecule has 0 bridgehead atoms. The highest BCUT2D eigenvalue weighted by Crippen LogP contribution is 2.28. The summed E-state index contributed by atoms with van der Waals surface area (Å²) in [6.45, 7) is 2.42. The first kappa shape index (κ1) is 14.7. The molecule has 0 unspecified atom stereocenters. The van der Waals surface area contributed by atoms with Gasteiger partial charge in [0.15, 0.2) is 0 Å². The highest BCUT2D eigenvalue weighted by molar-refractivity contribution is 6.44. The number of nitrogens with two attached hydrogens (primary N) is 1. The molecule has 0 heterocycles. The van der Waals surface area contributed by atoms with Gasteiger partial charge < -0.3 is 11.1 Å². The van der Waals surface area contributed by atoms with Gasteiger partial charge in [-0.25, -0.2) is 0 Å². The third-order valence-corrected chi connectivity index (χ3v) is 3.63. The van der Waals surface area contributed by atoms with Crippen molar-refractivity contribution in [1.82, 2.24) is 5.32 Å². The fraction of sp³-hybridized carbons (Fsp3) is 0.133. The smallest absolute Gasteiger partial charge is 0.253 e. The lowest BCUT2D eigenvalue weighted by atomic mass is 10.1. The van der Waals surface area contributed by atoms with Crippen LogP contribution in [0.3, 0.4) is 0 Å². The van der Waals surface area contributed by atoms with E-state index in [4.69, 9.17) is 28.9 Å². The Morgan fingerprint density at radius 1 is 1.25 bits per heavy atom. The second kappa shape index (κ2) is 6.16. The van der Waals surface area contributed by atoms with Gasteiger partial charge >= 0.3 is 0 Å². The third-order valence-electron chi connectivity index (χ3n) is 2.83. The molecule has 0 aliphatic carbocycles. The standard InChI is InChI=1S/C15H14Cl2N2O/c1-9-3-2-4-10(5-9)8-19-15(20)12-6-11(18)7-13(16)14(12)17/h2-7H,8,18H2,1H3,(H,19,20). The first-order chi connectivity index (χ1) is 9.47. The van der Waals surface area contributed by atoms with Crippen molar-refractivity contribution in [3.63, 3.8) is 0 Å². The number of hydrogen-bond acceptors (Lipinski definition) is 2. The van der Waals surface area contributed by atoms with Crippen LogP contribution in [-0.4, -0.2) is 5.91 Å². The molecule has 2 aromatic rings. The number of nitrogens with one attached hydrogen (secondary N) is 1. The molecule has 3 N–H and O–H groups in total. The van der Waals surface area contributed by atoms with Gasteiger partial charge in [-0.1, -0.05) is 53.0 Å². The highest BCUT2D eigenvalue weighted by Gasteiger charge is 2.13. The van der Waals surface area contributed by atoms with Crippen LogP contribution in [0, 0.1) is 6.92 Å². The maximum Gasteiger partial charge on any atom is 0.253 e. The Kier molecular flexibility index (Phi) is 4.53. The summed E-state index contributed by atoms with van der Waals surface area (Å²) in [4.78, 5) is 12.1. The summed E-state index contributed by atoms with van der Waals surface area (Å²) in [5.74, 6) is -0.300. The molecule has 2 rings (SSSR count). The number of carbonyl (C=O) groups is 1. The van der Waals surface area contributed by atoms with Gasteiger partial charge in [0, 0.05) is 12.2 Å². The van der Waals surface area contributed by atoms with Crippen LogP contribution >= 0.6 is 23.2 Å². The molecule has 3 nitrogen and oxygen atoms in total. The summed E-state index contributed by atoms with van der Waals surface area (Å²) in [5, 5.41) is 3.28. The number of aryl methyl sites for hydroxylation is 1. The van der Waals surface area contributed by atoms with Gasteiger partial charge in [-0.2, -0.15) is 0 Å². The van der Waals surface area contributed by atoms with E-state index in [2.05, 4.69) is 5.32 Å². The minimum Gasteiger partial charge on any atom is -0.399 e. The van der Waals surface area contributed by atoms with E-state index in [1.54, 1.807) is 0 Å². The van der Waals surface area contributed by atoms with Crippen LogP contribution in [0.4, 0.5) is 5.69 Å². The Labute approximate surface area is 127 Å². The fourth-order valence-corrected chi connectivity index (χ4v) is 2.30. The minimum atomic E-state index is -0.300. The van der Waals surface area contributed by atoms with Crippen LogP contribution in [0.25, 0.3) is 0 Å². The lowest BCUT2D eigenvalue weighted by Gasteiger charge is -2.09. The molecule has 5 heteroatoms. The maximum atomic E-state index is 12.1. The SMILES string of the molecule is Cc1cccc(CNC(=O)c2cc(N)cc(Cl)c2Cl)c1. The molecule has 0 aliphatic heterocycles. The van der Waals surface area contributed by atoms with Crippen molar-refractivity contribution in [3.05, 3.63) is 63.1 Å². The zero-order valence-electron chi connectivity index (χ0n) is 10.9. The summed E-state index contributed by atoms with van der Waals surface area (Å²) < 4.78 is 0. The Morgan fingerprint density at radius 3 is 2.70 bits per heavy atom. The number of nitrogen functional groups attached to an aromatic ring is 1. The number of anilines is 1. The molecule has 0 spiro atoms. The van der Waals surface area contributed by atoms with Crippen molar-refractivity contribution in [2.75, 3.05) is 5.73 Å². The van der Waals surface area contributed by atoms with E-state index in [1.165, 1.54) is 12.1 Å². The van der Waals surface area contributed by atoms with Crippen LogP contribution in [0.5, 0.6) is 0 Å². The van der Waals surface area contributed by atoms with Crippen molar-refractivity contribution >= 4 is 34.8 Å². The molecule has 20 heavy (non-hydrogen) atoms. The molecule has 0 saturated carbocycles. The highest BCUT2D eigenvalue weighted by atomic mass is 35.5. The lowest BCUT2D eigenvalue weighted by Crippen LogP contribution is -2.23. The number of amides is 1. The van der Waals surface area contributed by atoms with Gasteiger partial charge in [0.1, 0.15) is 0 Å². The number of benzene rings is 2. The Hall–Kier alpha value is -1.71. The Balaban J connectivity index is 2.13. The molecule has 0 saturated heterocycles. The van der Waals surface area contributed by atoms with Gasteiger partial charge in [0.2, 0.25) is 0 Å². The molecular formula is C15H14Cl2N2O. The Morgan fingerprint density at radius 2 is 2.00 bits per heavy atom. The molecule has 0 fully saturated rings. The van der Waals surface area contributed by atoms with Crippen molar-refractivity contribution in [3.8, 4) is 0 Å². The number of hydrogen-bond donors (Lipinski definition) is 2. The summed E-state index contributed by atoms with van der Waals surface area (Å²) in [7, 11) is 0. The first-order valence-electron chi connectivity index (χ1n) is 6.05. The Bertz CT molecular complexity index is 656. The average Bonchev–Trinajstić information content (AvgIpc) is 2.40. The van der Waals surface area contributed by atoms with Crippen molar-refractivity contribution in [1.29, 1.82) is 0 Å². The van der Waals surface area contributed by atoms with Crippen LogP contribution < -0.4 is 11.1 Å². The van der Waals surface area contributed by atoms with E-state index in [0.717, 1.165) is 11.1 Å². The fourth-order valence-electron chi connectivity index (χ4n) is 1.87. The topological polar surface area (TPSA) is 55.1 Å². The molecular weight excluding hydrogens is 295 g/mol. The van der Waals surface area contributed by atoms with Crippen LogP contribution in [-0.2, 0) is 6.54 Å². The predicted molar refractivity (Wildman–Crippen MR) is 83.2 cm³/mol. The molecule has 0 aromatic heterocycles. The quantitative estimate of drug-likeness (QED) is 0.847. The van der Waals surface area contributed by atoms with Crippen molar-refractivity contribution in [2.45, 2.75) is 13.5 Å². The van der Waals surface area contributed by atoms with Crippen LogP contribution in [0.2, 0.25) is 10.0 Å². The van der Waals surface area contributed by atoms with E-state index >= 15 is 0 Å².